The third-order valence-electron chi connectivity index (χ3n) is 6.35. The van der Waals surface area contributed by atoms with Crippen molar-refractivity contribution in [2.45, 2.75) is 44.6 Å². The largest absolute Gasteiger partial charge is 0.497 e. The molecule has 2 aliphatic rings. The van der Waals surface area contributed by atoms with E-state index < -0.39 is 6.03 Å². The number of hydrogen-bond donors (Lipinski definition) is 2. The first-order valence-corrected chi connectivity index (χ1v) is 9.30. The molecule has 6 nitrogen and oxygen atoms in total. The topological polar surface area (TPSA) is 70.7 Å². The number of aryl methyl sites for hydroxylation is 1. The first-order valence-electron chi connectivity index (χ1n) is 9.30. The van der Waals surface area contributed by atoms with Crippen LogP contribution < -0.4 is 15.4 Å². The van der Waals surface area contributed by atoms with Crippen LogP contribution in [-0.4, -0.2) is 50.1 Å². The van der Waals surface area contributed by atoms with Crippen LogP contribution in [0, 0.1) is 12.8 Å². The van der Waals surface area contributed by atoms with Crippen LogP contribution in [0.15, 0.2) is 18.2 Å². The minimum absolute atomic E-state index is 0.214. The Hall–Kier alpha value is -2.08. The molecule has 2 fully saturated rings. The van der Waals surface area contributed by atoms with Crippen molar-refractivity contribution in [1.82, 2.24) is 15.5 Å². The van der Waals surface area contributed by atoms with Gasteiger partial charge in [0.1, 0.15) is 5.75 Å². The zero-order valence-electron chi connectivity index (χ0n) is 16.1. The third kappa shape index (κ3) is 3.30. The maximum atomic E-state index is 12.7. The highest BCUT2D eigenvalue weighted by Crippen LogP contribution is 2.48. The summed E-state index contributed by atoms with van der Waals surface area (Å²) >= 11 is 0. The van der Waals surface area contributed by atoms with E-state index >= 15 is 0 Å². The van der Waals surface area contributed by atoms with Gasteiger partial charge in [0.15, 0.2) is 0 Å². The molecule has 3 amide bonds. The van der Waals surface area contributed by atoms with Crippen LogP contribution in [0.2, 0.25) is 0 Å². The average molecular weight is 359 g/mol. The maximum absolute atomic E-state index is 12.7. The maximum Gasteiger partial charge on any atom is 0.321 e. The third-order valence-corrected chi connectivity index (χ3v) is 6.35. The summed E-state index contributed by atoms with van der Waals surface area (Å²) < 4.78 is 5.47. The SMILES string of the molecule is COc1ccc(C)c([C@]23CCN(C)C(C)C2CCNC(=O)NC(=O)C3)c1. The molecule has 1 aromatic carbocycles. The van der Waals surface area contributed by atoms with Gasteiger partial charge in [-0.15, -0.1) is 0 Å². The predicted molar refractivity (Wildman–Crippen MR) is 100 cm³/mol. The van der Waals surface area contributed by atoms with Gasteiger partial charge in [-0.1, -0.05) is 6.07 Å². The Morgan fingerprint density at radius 3 is 2.81 bits per heavy atom. The van der Waals surface area contributed by atoms with Crippen LogP contribution >= 0.6 is 0 Å². The number of urea groups is 1. The summed E-state index contributed by atoms with van der Waals surface area (Å²) in [6, 6.07) is 6.03. The Kier molecular flexibility index (Phi) is 5.23. The lowest BCUT2D eigenvalue weighted by atomic mass is 9.59. The minimum atomic E-state index is -0.396. The smallest absolute Gasteiger partial charge is 0.321 e. The van der Waals surface area contributed by atoms with Gasteiger partial charge in [0, 0.05) is 24.4 Å². The van der Waals surface area contributed by atoms with Gasteiger partial charge in [-0.25, -0.2) is 4.79 Å². The van der Waals surface area contributed by atoms with Crippen LogP contribution in [0.25, 0.3) is 0 Å². The van der Waals surface area contributed by atoms with Crippen molar-refractivity contribution in [2.75, 3.05) is 27.2 Å². The molecule has 0 aromatic heterocycles. The highest BCUT2D eigenvalue weighted by Gasteiger charge is 2.49. The molecule has 2 heterocycles. The van der Waals surface area contributed by atoms with Gasteiger partial charge < -0.3 is 15.0 Å². The van der Waals surface area contributed by atoms with Crippen LogP contribution in [0.1, 0.15) is 37.3 Å². The average Bonchev–Trinajstić information content (AvgIpc) is 2.66. The van der Waals surface area contributed by atoms with Crippen LogP contribution in [0.4, 0.5) is 4.79 Å². The molecule has 2 unspecified atom stereocenters. The van der Waals surface area contributed by atoms with Crippen molar-refractivity contribution in [3.8, 4) is 5.75 Å². The molecule has 2 saturated heterocycles. The van der Waals surface area contributed by atoms with Crippen molar-refractivity contribution >= 4 is 11.9 Å². The number of ether oxygens (including phenoxy) is 1. The van der Waals surface area contributed by atoms with Gasteiger partial charge >= 0.3 is 6.03 Å². The standard InChI is InChI=1S/C20H29N3O3/c1-13-5-6-15(26-4)11-17(13)20-8-10-23(3)14(2)16(20)7-9-21-19(25)22-18(24)12-20/h5-6,11,14,16H,7-10,12H2,1-4H3,(H2,21,22,24,25)/t14?,16?,20-/m0/s1. The van der Waals surface area contributed by atoms with Crippen molar-refractivity contribution in [3.05, 3.63) is 29.3 Å². The molecular weight excluding hydrogens is 330 g/mol. The lowest BCUT2D eigenvalue weighted by Gasteiger charge is -2.51. The molecule has 26 heavy (non-hydrogen) atoms. The summed E-state index contributed by atoms with van der Waals surface area (Å²) in [4.78, 5) is 26.9. The van der Waals surface area contributed by atoms with Gasteiger partial charge in [-0.2, -0.15) is 0 Å². The quantitative estimate of drug-likeness (QED) is 0.849. The zero-order valence-corrected chi connectivity index (χ0v) is 16.1. The minimum Gasteiger partial charge on any atom is -0.497 e. The van der Waals surface area contributed by atoms with E-state index in [1.54, 1.807) is 7.11 Å². The highest BCUT2D eigenvalue weighted by atomic mass is 16.5. The molecule has 0 aliphatic carbocycles. The zero-order chi connectivity index (χ0) is 18.9. The second-order valence-corrected chi connectivity index (χ2v) is 7.68. The molecule has 3 rings (SSSR count). The Morgan fingerprint density at radius 1 is 1.31 bits per heavy atom. The number of amides is 3. The van der Waals surface area contributed by atoms with Gasteiger partial charge in [0.25, 0.3) is 0 Å². The Bertz CT molecular complexity index is 706. The number of carbonyl (C=O) groups excluding carboxylic acids is 2. The second-order valence-electron chi connectivity index (χ2n) is 7.68. The van der Waals surface area contributed by atoms with E-state index in [0.717, 1.165) is 25.1 Å². The van der Waals surface area contributed by atoms with E-state index in [-0.39, 0.29) is 17.2 Å². The number of likely N-dealkylation sites (tertiary alicyclic amines) is 1. The van der Waals surface area contributed by atoms with E-state index in [1.807, 2.05) is 6.07 Å². The van der Waals surface area contributed by atoms with E-state index in [9.17, 15) is 9.59 Å². The highest BCUT2D eigenvalue weighted by molar-refractivity contribution is 5.95. The molecule has 142 valence electrons. The van der Waals surface area contributed by atoms with E-state index in [4.69, 9.17) is 4.74 Å². The molecule has 0 bridgehead atoms. The molecular formula is C20H29N3O3. The van der Waals surface area contributed by atoms with Crippen molar-refractivity contribution < 1.29 is 14.3 Å². The number of nitrogens with zero attached hydrogens (tertiary/aromatic N) is 1. The number of benzene rings is 1. The lowest BCUT2D eigenvalue weighted by molar-refractivity contribution is -0.122. The van der Waals surface area contributed by atoms with Gasteiger partial charge in [0.05, 0.1) is 7.11 Å². The second kappa shape index (κ2) is 7.27. The van der Waals surface area contributed by atoms with Gasteiger partial charge in [-0.05, 0) is 69.5 Å². The lowest BCUT2D eigenvalue weighted by Crippen LogP contribution is -2.55. The number of methoxy groups -OCH3 is 1. The van der Waals surface area contributed by atoms with Crippen molar-refractivity contribution in [3.63, 3.8) is 0 Å². The van der Waals surface area contributed by atoms with Crippen LogP contribution in [-0.2, 0) is 10.2 Å². The molecule has 0 radical (unpaired) electrons. The van der Waals surface area contributed by atoms with Crippen molar-refractivity contribution in [2.24, 2.45) is 5.92 Å². The van der Waals surface area contributed by atoms with Crippen LogP contribution in [0.3, 0.4) is 0 Å². The molecule has 2 aliphatic heterocycles. The molecule has 3 atom stereocenters. The Morgan fingerprint density at radius 2 is 2.08 bits per heavy atom. The van der Waals surface area contributed by atoms with E-state index in [2.05, 4.69) is 48.6 Å². The fourth-order valence-electron chi connectivity index (χ4n) is 4.81. The number of imide groups is 1. The Labute approximate surface area is 155 Å². The van der Waals surface area contributed by atoms with Crippen molar-refractivity contribution in [1.29, 1.82) is 0 Å². The number of rotatable bonds is 2. The number of carbonyl (C=O) groups is 2. The van der Waals surface area contributed by atoms with E-state index in [1.165, 1.54) is 11.1 Å². The number of fused-ring (bicyclic) bond motifs is 1. The monoisotopic (exact) mass is 359 g/mol. The first-order chi connectivity index (χ1) is 12.4. The summed E-state index contributed by atoms with van der Waals surface area (Å²) in [7, 11) is 3.80. The number of piperidine rings is 1. The summed E-state index contributed by atoms with van der Waals surface area (Å²) in [5.41, 5.74) is 2.03. The molecule has 6 heteroatoms. The fraction of sp³-hybridized carbons (Fsp3) is 0.600. The van der Waals surface area contributed by atoms with Gasteiger partial charge in [-0.3, -0.25) is 10.1 Å². The first kappa shape index (κ1) is 18.7. The van der Waals surface area contributed by atoms with Crippen LogP contribution in [0.5, 0.6) is 5.75 Å². The summed E-state index contributed by atoms with van der Waals surface area (Å²) in [5.74, 6) is 0.851. The number of hydrogen-bond acceptors (Lipinski definition) is 4. The summed E-state index contributed by atoms with van der Waals surface area (Å²) in [5, 5.41) is 5.30. The normalized spacial score (nSPS) is 30.3. The number of nitrogens with one attached hydrogen (secondary N) is 2. The van der Waals surface area contributed by atoms with Gasteiger partial charge in [0.2, 0.25) is 5.91 Å². The molecule has 0 saturated carbocycles. The fourth-order valence-corrected chi connectivity index (χ4v) is 4.81. The molecule has 0 spiro atoms. The predicted octanol–water partition coefficient (Wildman–Crippen LogP) is 2.20. The summed E-state index contributed by atoms with van der Waals surface area (Å²) in [6.45, 7) is 5.80. The van der Waals surface area contributed by atoms with E-state index in [0.29, 0.717) is 19.0 Å². The molecule has 1 aromatic rings. The summed E-state index contributed by atoms with van der Waals surface area (Å²) in [6.07, 6.45) is 2.04. The Balaban J connectivity index is 2.15. The molecule has 2 N–H and O–H groups in total.